The number of amides is 1. The third-order valence-corrected chi connectivity index (χ3v) is 4.52. The molecular weight excluding hydrogens is 280 g/mol. The second-order valence-corrected chi connectivity index (χ2v) is 6.55. The van der Waals surface area contributed by atoms with Gasteiger partial charge in [0.25, 0.3) is 0 Å². The average Bonchev–Trinajstić information content (AvgIpc) is 2.25. The number of hydrogen-bond acceptors (Lipinski definition) is 2. The van der Waals surface area contributed by atoms with Crippen molar-refractivity contribution in [2.45, 2.75) is 38.1 Å². The van der Waals surface area contributed by atoms with Crippen molar-refractivity contribution >= 4 is 21.8 Å². The first kappa shape index (κ1) is 13.1. The van der Waals surface area contributed by atoms with Gasteiger partial charge < -0.3 is 11.1 Å². The molecule has 2 atom stereocenters. The molecule has 2 bridgehead atoms. The van der Waals surface area contributed by atoms with E-state index in [2.05, 4.69) is 27.8 Å². The smallest absolute Gasteiger partial charge is 0.223 e. The van der Waals surface area contributed by atoms with Gasteiger partial charge in [-0.3, -0.25) is 4.79 Å². The van der Waals surface area contributed by atoms with Gasteiger partial charge in [0.15, 0.2) is 0 Å². The highest BCUT2D eigenvalue weighted by atomic mass is 79.9. The van der Waals surface area contributed by atoms with E-state index in [1.54, 1.807) is 0 Å². The summed E-state index contributed by atoms with van der Waals surface area (Å²) >= 11 is 3.26. The molecule has 0 heterocycles. The van der Waals surface area contributed by atoms with E-state index in [9.17, 15) is 4.79 Å². The van der Waals surface area contributed by atoms with E-state index < -0.39 is 0 Å². The lowest BCUT2D eigenvalue weighted by Crippen LogP contribution is -2.49. The van der Waals surface area contributed by atoms with Crippen LogP contribution in [0.25, 0.3) is 0 Å². The summed E-state index contributed by atoms with van der Waals surface area (Å²) < 4.78 is 0.818. The van der Waals surface area contributed by atoms with Crippen molar-refractivity contribution in [1.29, 1.82) is 0 Å². The van der Waals surface area contributed by atoms with Crippen LogP contribution in [0, 0.1) is 17.8 Å². The molecule has 3 N–H and O–H groups in total. The van der Waals surface area contributed by atoms with Gasteiger partial charge in [0, 0.05) is 23.0 Å². The van der Waals surface area contributed by atoms with Crippen LogP contribution in [-0.4, -0.2) is 18.5 Å². The SMILES string of the molecule is C=C(Br)CNC(=O)C1CC2CCCC(C1)C2N. The van der Waals surface area contributed by atoms with Gasteiger partial charge in [0.05, 0.1) is 0 Å². The third kappa shape index (κ3) is 3.10. The van der Waals surface area contributed by atoms with Crippen LogP contribution in [0.15, 0.2) is 11.1 Å². The fourth-order valence-corrected chi connectivity index (χ4v) is 3.47. The van der Waals surface area contributed by atoms with Crippen LogP contribution >= 0.6 is 15.9 Å². The van der Waals surface area contributed by atoms with Gasteiger partial charge in [-0.2, -0.15) is 0 Å². The molecule has 96 valence electrons. The molecule has 0 aromatic carbocycles. The van der Waals surface area contributed by atoms with Crippen LogP contribution in [0.3, 0.4) is 0 Å². The zero-order valence-corrected chi connectivity index (χ0v) is 11.7. The van der Waals surface area contributed by atoms with Gasteiger partial charge in [0.2, 0.25) is 5.91 Å². The van der Waals surface area contributed by atoms with Crippen molar-refractivity contribution in [3.63, 3.8) is 0 Å². The quantitative estimate of drug-likeness (QED) is 0.839. The van der Waals surface area contributed by atoms with Crippen LogP contribution in [0.4, 0.5) is 0 Å². The van der Waals surface area contributed by atoms with Crippen LogP contribution < -0.4 is 11.1 Å². The van der Waals surface area contributed by atoms with Crippen molar-refractivity contribution in [3.8, 4) is 0 Å². The lowest BCUT2D eigenvalue weighted by Gasteiger charge is -2.43. The van der Waals surface area contributed by atoms with Crippen LogP contribution in [0.5, 0.6) is 0 Å². The Bertz CT molecular complexity index is 305. The molecule has 17 heavy (non-hydrogen) atoms. The van der Waals surface area contributed by atoms with Crippen molar-refractivity contribution in [2.75, 3.05) is 6.54 Å². The highest BCUT2D eigenvalue weighted by Crippen LogP contribution is 2.41. The number of nitrogens with one attached hydrogen (secondary N) is 1. The topological polar surface area (TPSA) is 55.1 Å². The Kier molecular flexibility index (Phi) is 4.26. The number of hydrogen-bond donors (Lipinski definition) is 2. The number of fused-ring (bicyclic) bond motifs is 2. The normalized spacial score (nSPS) is 36.4. The molecule has 4 heteroatoms. The largest absolute Gasteiger partial charge is 0.351 e. The molecule has 2 aliphatic carbocycles. The van der Waals surface area contributed by atoms with Crippen LogP contribution in [0.1, 0.15) is 32.1 Å². The van der Waals surface area contributed by atoms with E-state index in [0.29, 0.717) is 24.4 Å². The zero-order valence-electron chi connectivity index (χ0n) is 10.1. The van der Waals surface area contributed by atoms with Crippen molar-refractivity contribution in [1.82, 2.24) is 5.32 Å². The molecule has 0 spiro atoms. The number of carbonyl (C=O) groups excluding carboxylic acids is 1. The molecular formula is C13H21BrN2O. The number of carbonyl (C=O) groups is 1. The van der Waals surface area contributed by atoms with E-state index in [1.807, 2.05) is 0 Å². The van der Waals surface area contributed by atoms with Gasteiger partial charge >= 0.3 is 0 Å². The highest BCUT2D eigenvalue weighted by Gasteiger charge is 2.40. The summed E-state index contributed by atoms with van der Waals surface area (Å²) in [5, 5.41) is 2.93. The summed E-state index contributed by atoms with van der Waals surface area (Å²) in [7, 11) is 0. The molecule has 3 nitrogen and oxygen atoms in total. The molecule has 0 aliphatic heterocycles. The summed E-state index contributed by atoms with van der Waals surface area (Å²) in [5.41, 5.74) is 6.22. The summed E-state index contributed by atoms with van der Waals surface area (Å²) in [6, 6.07) is 0.332. The molecule has 2 fully saturated rings. The van der Waals surface area contributed by atoms with Crippen LogP contribution in [-0.2, 0) is 4.79 Å². The third-order valence-electron chi connectivity index (χ3n) is 4.24. The van der Waals surface area contributed by atoms with Crippen molar-refractivity contribution < 1.29 is 4.79 Å². The second-order valence-electron chi connectivity index (χ2n) is 5.43. The summed E-state index contributed by atoms with van der Waals surface area (Å²) in [5.74, 6) is 1.46. The van der Waals surface area contributed by atoms with Gasteiger partial charge in [-0.25, -0.2) is 0 Å². The summed E-state index contributed by atoms with van der Waals surface area (Å²) in [6.07, 6.45) is 5.63. The first-order valence-corrected chi connectivity index (χ1v) is 7.23. The summed E-state index contributed by atoms with van der Waals surface area (Å²) in [6.45, 7) is 4.25. The van der Waals surface area contributed by atoms with E-state index >= 15 is 0 Å². The fourth-order valence-electron chi connectivity index (χ4n) is 3.33. The minimum Gasteiger partial charge on any atom is -0.351 e. The Morgan fingerprint density at radius 3 is 2.47 bits per heavy atom. The Morgan fingerprint density at radius 2 is 1.94 bits per heavy atom. The number of nitrogens with two attached hydrogens (primary N) is 1. The maximum Gasteiger partial charge on any atom is 0.223 e. The predicted molar refractivity (Wildman–Crippen MR) is 72.6 cm³/mol. The lowest BCUT2D eigenvalue weighted by atomic mass is 9.65. The van der Waals surface area contributed by atoms with E-state index in [-0.39, 0.29) is 11.8 Å². The van der Waals surface area contributed by atoms with Gasteiger partial charge in [-0.15, -0.1) is 0 Å². The molecule has 0 aromatic heterocycles. The van der Waals surface area contributed by atoms with Gasteiger partial charge in [-0.1, -0.05) is 28.9 Å². The minimum absolute atomic E-state index is 0.164. The Labute approximate surface area is 111 Å². The monoisotopic (exact) mass is 300 g/mol. The average molecular weight is 301 g/mol. The molecule has 2 unspecified atom stereocenters. The maximum atomic E-state index is 12.0. The molecule has 1 amide bonds. The van der Waals surface area contributed by atoms with E-state index in [1.165, 1.54) is 19.3 Å². The highest BCUT2D eigenvalue weighted by molar-refractivity contribution is 9.11. The molecule has 2 rings (SSSR count). The Balaban J connectivity index is 1.90. The zero-order chi connectivity index (χ0) is 12.4. The Morgan fingerprint density at radius 1 is 1.35 bits per heavy atom. The summed E-state index contributed by atoms with van der Waals surface area (Å²) in [4.78, 5) is 12.0. The van der Waals surface area contributed by atoms with E-state index in [4.69, 9.17) is 5.73 Å². The molecule has 2 aliphatic rings. The minimum atomic E-state index is 0.164. The first-order valence-electron chi connectivity index (χ1n) is 6.44. The molecule has 0 radical (unpaired) electrons. The fraction of sp³-hybridized carbons (Fsp3) is 0.769. The van der Waals surface area contributed by atoms with Crippen molar-refractivity contribution in [3.05, 3.63) is 11.1 Å². The van der Waals surface area contributed by atoms with Crippen molar-refractivity contribution in [2.24, 2.45) is 23.5 Å². The predicted octanol–water partition coefficient (Wildman–Crippen LogP) is 2.16. The van der Waals surface area contributed by atoms with Gasteiger partial charge in [-0.05, 0) is 37.5 Å². The van der Waals surface area contributed by atoms with E-state index in [0.717, 1.165) is 17.3 Å². The van der Waals surface area contributed by atoms with Crippen LogP contribution in [0.2, 0.25) is 0 Å². The lowest BCUT2D eigenvalue weighted by molar-refractivity contribution is -0.127. The Hall–Kier alpha value is -0.350. The molecule has 2 saturated carbocycles. The standard InChI is InChI=1S/C13H21BrN2O/c1-8(14)7-16-13(17)11-5-9-3-2-4-10(6-11)12(9)15/h9-12H,1-7,15H2,(H,16,17). The molecule has 0 aromatic rings. The molecule has 0 saturated heterocycles. The number of halogens is 1. The maximum absolute atomic E-state index is 12.0. The second kappa shape index (κ2) is 5.53. The van der Waals surface area contributed by atoms with Gasteiger partial charge in [0.1, 0.15) is 0 Å². The number of rotatable bonds is 3. The first-order chi connectivity index (χ1) is 8.08.